The Balaban J connectivity index is 1.61. The lowest BCUT2D eigenvalue weighted by Gasteiger charge is -2.19. The Morgan fingerprint density at radius 2 is 2.12 bits per heavy atom. The van der Waals surface area contributed by atoms with Gasteiger partial charge in [-0.3, -0.25) is 9.59 Å². The van der Waals surface area contributed by atoms with Crippen LogP contribution in [0.5, 0.6) is 0 Å². The van der Waals surface area contributed by atoms with Gasteiger partial charge in [0.15, 0.2) is 5.82 Å². The van der Waals surface area contributed by atoms with Crippen molar-refractivity contribution >= 4 is 5.91 Å². The molecule has 6 nitrogen and oxygen atoms in total. The zero-order chi connectivity index (χ0) is 17.4. The van der Waals surface area contributed by atoms with Crippen LogP contribution in [0.15, 0.2) is 23.1 Å². The van der Waals surface area contributed by atoms with Gasteiger partial charge in [-0.15, -0.1) is 0 Å². The second-order valence-electron chi connectivity index (χ2n) is 7.07. The van der Waals surface area contributed by atoms with Crippen molar-refractivity contribution in [2.45, 2.75) is 51.5 Å². The lowest BCUT2D eigenvalue weighted by atomic mass is 9.95. The molecule has 130 valence electrons. The van der Waals surface area contributed by atoms with Gasteiger partial charge in [-0.2, -0.15) is 0 Å². The largest absolute Gasteiger partial charge is 0.342 e. The van der Waals surface area contributed by atoms with Crippen LogP contribution in [0.3, 0.4) is 0 Å². The van der Waals surface area contributed by atoms with Crippen molar-refractivity contribution in [3.63, 3.8) is 0 Å². The van der Waals surface area contributed by atoms with Crippen molar-refractivity contribution in [2.75, 3.05) is 0 Å². The smallest absolute Gasteiger partial charge is 0.261 e. The molecule has 2 N–H and O–H groups in total. The molecule has 1 atom stereocenters. The first-order valence-corrected chi connectivity index (χ1v) is 8.97. The monoisotopic (exact) mass is 338 g/mol. The van der Waals surface area contributed by atoms with Crippen LogP contribution in [-0.4, -0.2) is 20.9 Å². The summed E-state index contributed by atoms with van der Waals surface area (Å²) in [7, 11) is 0. The van der Waals surface area contributed by atoms with Crippen LogP contribution in [0.4, 0.5) is 0 Å². The summed E-state index contributed by atoms with van der Waals surface area (Å²) in [5, 5.41) is 3.00. The van der Waals surface area contributed by atoms with E-state index in [2.05, 4.69) is 20.3 Å². The first kappa shape index (κ1) is 16.0. The van der Waals surface area contributed by atoms with Crippen LogP contribution in [0.1, 0.15) is 64.9 Å². The number of carbonyl (C=O) groups is 1. The van der Waals surface area contributed by atoms with Crippen molar-refractivity contribution in [3.05, 3.63) is 57.0 Å². The zero-order valence-corrected chi connectivity index (χ0v) is 14.3. The molecule has 2 aromatic rings. The second kappa shape index (κ2) is 6.43. The highest BCUT2D eigenvalue weighted by molar-refractivity contribution is 5.94. The number of rotatable bonds is 4. The standard InChI is InChI=1S/C19H22N4O2/c1-11-8-9-20-17(21-11)16(12-6-7-12)23-19(25)14-10-13-4-2-3-5-15(13)22-18(14)24/h8-10,12,16H,2-7H2,1H3,(H,22,24)(H,23,25). The molecule has 0 bridgehead atoms. The van der Waals surface area contributed by atoms with E-state index in [0.29, 0.717) is 11.7 Å². The summed E-state index contributed by atoms with van der Waals surface area (Å²) >= 11 is 0. The zero-order valence-electron chi connectivity index (χ0n) is 14.3. The summed E-state index contributed by atoms with van der Waals surface area (Å²) in [6, 6.07) is 3.37. The number of carbonyl (C=O) groups excluding carboxylic acids is 1. The van der Waals surface area contributed by atoms with E-state index >= 15 is 0 Å². The number of fused-ring (bicyclic) bond motifs is 1. The van der Waals surface area contributed by atoms with Gasteiger partial charge >= 0.3 is 0 Å². The van der Waals surface area contributed by atoms with E-state index in [1.807, 2.05) is 13.0 Å². The van der Waals surface area contributed by atoms with E-state index in [1.54, 1.807) is 12.3 Å². The molecule has 2 aliphatic carbocycles. The lowest BCUT2D eigenvalue weighted by Crippen LogP contribution is -2.35. The molecular formula is C19H22N4O2. The molecule has 0 saturated heterocycles. The summed E-state index contributed by atoms with van der Waals surface area (Å²) in [5.41, 5.74) is 2.83. The number of hydrogen-bond donors (Lipinski definition) is 2. The number of hydrogen-bond acceptors (Lipinski definition) is 4. The molecule has 1 fully saturated rings. The van der Waals surface area contributed by atoms with Crippen LogP contribution in [0.25, 0.3) is 0 Å². The molecule has 0 radical (unpaired) electrons. The van der Waals surface area contributed by atoms with E-state index in [0.717, 1.165) is 55.5 Å². The third-order valence-corrected chi connectivity index (χ3v) is 5.05. The Bertz CT molecular complexity index is 870. The van der Waals surface area contributed by atoms with Crippen LogP contribution >= 0.6 is 0 Å². The number of amides is 1. The number of aryl methyl sites for hydroxylation is 3. The highest BCUT2D eigenvalue weighted by Gasteiger charge is 2.36. The Morgan fingerprint density at radius 3 is 2.88 bits per heavy atom. The summed E-state index contributed by atoms with van der Waals surface area (Å²) in [4.78, 5) is 36.8. The molecule has 2 aromatic heterocycles. The van der Waals surface area contributed by atoms with Crippen LogP contribution < -0.4 is 10.9 Å². The van der Waals surface area contributed by atoms with E-state index < -0.39 is 0 Å². The summed E-state index contributed by atoms with van der Waals surface area (Å²) in [6.45, 7) is 1.91. The van der Waals surface area contributed by atoms with Crippen molar-refractivity contribution in [1.82, 2.24) is 20.3 Å². The third kappa shape index (κ3) is 3.34. The number of nitrogens with zero attached hydrogens (tertiary/aromatic N) is 2. The summed E-state index contributed by atoms with van der Waals surface area (Å²) < 4.78 is 0. The number of aromatic nitrogens is 3. The van der Waals surface area contributed by atoms with Crippen LogP contribution in [0.2, 0.25) is 0 Å². The normalized spacial score (nSPS) is 17.6. The fourth-order valence-electron chi connectivity index (χ4n) is 3.50. The molecule has 0 aromatic carbocycles. The van der Waals surface area contributed by atoms with Gasteiger partial charge in [0, 0.05) is 17.6 Å². The number of nitrogens with one attached hydrogen (secondary N) is 2. The second-order valence-corrected chi connectivity index (χ2v) is 7.07. The molecule has 25 heavy (non-hydrogen) atoms. The highest BCUT2D eigenvalue weighted by Crippen LogP contribution is 2.40. The van der Waals surface area contributed by atoms with Crippen molar-refractivity contribution in [3.8, 4) is 0 Å². The third-order valence-electron chi connectivity index (χ3n) is 5.05. The SMILES string of the molecule is Cc1ccnc(C(NC(=O)c2cc3c([nH]c2=O)CCCC3)C2CC2)n1. The van der Waals surface area contributed by atoms with Gasteiger partial charge in [0.2, 0.25) is 0 Å². The fraction of sp³-hybridized carbons (Fsp3) is 0.474. The van der Waals surface area contributed by atoms with Gasteiger partial charge in [0.25, 0.3) is 11.5 Å². The van der Waals surface area contributed by atoms with Gasteiger partial charge in [0.05, 0.1) is 6.04 Å². The molecule has 2 heterocycles. The molecule has 4 rings (SSSR count). The predicted octanol–water partition coefficient (Wildman–Crippen LogP) is 2.23. The molecule has 1 unspecified atom stereocenters. The lowest BCUT2D eigenvalue weighted by molar-refractivity contribution is 0.0927. The number of pyridine rings is 1. The molecule has 0 aliphatic heterocycles. The van der Waals surface area contributed by atoms with Gasteiger partial charge in [0.1, 0.15) is 5.56 Å². The topological polar surface area (TPSA) is 87.7 Å². The van der Waals surface area contributed by atoms with Crippen molar-refractivity contribution in [1.29, 1.82) is 0 Å². The molecule has 2 aliphatic rings. The van der Waals surface area contributed by atoms with Crippen LogP contribution in [-0.2, 0) is 12.8 Å². The van der Waals surface area contributed by atoms with Crippen molar-refractivity contribution in [2.24, 2.45) is 5.92 Å². The average molecular weight is 338 g/mol. The van der Waals surface area contributed by atoms with Gasteiger partial charge in [-0.05, 0) is 69.1 Å². The van der Waals surface area contributed by atoms with E-state index in [1.165, 1.54) is 0 Å². The van der Waals surface area contributed by atoms with E-state index in [4.69, 9.17) is 0 Å². The fourth-order valence-corrected chi connectivity index (χ4v) is 3.50. The quantitative estimate of drug-likeness (QED) is 0.895. The van der Waals surface area contributed by atoms with E-state index in [9.17, 15) is 9.59 Å². The molecule has 1 amide bonds. The summed E-state index contributed by atoms with van der Waals surface area (Å²) in [5.74, 6) is 0.643. The first-order valence-electron chi connectivity index (χ1n) is 8.97. The van der Waals surface area contributed by atoms with Crippen molar-refractivity contribution < 1.29 is 4.79 Å². The maximum Gasteiger partial charge on any atom is 0.261 e. The minimum absolute atomic E-state index is 0.193. The summed E-state index contributed by atoms with van der Waals surface area (Å²) in [6.07, 6.45) is 7.79. The maximum absolute atomic E-state index is 12.8. The Kier molecular flexibility index (Phi) is 4.11. The Labute approximate surface area is 146 Å². The minimum atomic E-state index is -0.336. The molecular weight excluding hydrogens is 316 g/mol. The van der Waals surface area contributed by atoms with Crippen LogP contribution in [0, 0.1) is 12.8 Å². The molecule has 1 saturated carbocycles. The Hall–Kier alpha value is -2.50. The average Bonchev–Trinajstić information content (AvgIpc) is 3.43. The molecule has 0 spiro atoms. The minimum Gasteiger partial charge on any atom is -0.342 e. The first-order chi connectivity index (χ1) is 12.1. The van der Waals surface area contributed by atoms with Gasteiger partial charge in [-0.25, -0.2) is 9.97 Å². The van der Waals surface area contributed by atoms with Gasteiger partial charge < -0.3 is 10.3 Å². The van der Waals surface area contributed by atoms with E-state index in [-0.39, 0.29) is 23.1 Å². The highest BCUT2D eigenvalue weighted by atomic mass is 16.2. The maximum atomic E-state index is 12.8. The number of aromatic amines is 1. The molecule has 6 heteroatoms. The van der Waals surface area contributed by atoms with Gasteiger partial charge in [-0.1, -0.05) is 0 Å². The Morgan fingerprint density at radius 1 is 1.32 bits per heavy atom. The predicted molar refractivity (Wildman–Crippen MR) is 93.4 cm³/mol. The number of H-pyrrole nitrogens is 1.